The van der Waals surface area contributed by atoms with E-state index in [1.165, 1.54) is 18.1 Å². The van der Waals surface area contributed by atoms with Crippen LogP contribution in [0.1, 0.15) is 5.56 Å². The summed E-state index contributed by atoms with van der Waals surface area (Å²) in [6.45, 7) is 1.44. The van der Waals surface area contributed by atoms with Crippen LogP contribution in [0.5, 0.6) is 17.4 Å². The Bertz CT molecular complexity index is 1280. The minimum absolute atomic E-state index is 0.180. The lowest BCUT2D eigenvalue weighted by Crippen LogP contribution is -2.33. The summed E-state index contributed by atoms with van der Waals surface area (Å²) >= 11 is 0. The number of para-hydroxylation sites is 1. The van der Waals surface area contributed by atoms with Crippen LogP contribution in [-0.4, -0.2) is 61.5 Å². The van der Waals surface area contributed by atoms with Crippen LogP contribution in [0.2, 0.25) is 0 Å². The first-order valence-corrected chi connectivity index (χ1v) is 10.7. The van der Waals surface area contributed by atoms with Gasteiger partial charge >= 0.3 is 6.09 Å². The predicted molar refractivity (Wildman–Crippen MR) is 123 cm³/mol. The lowest BCUT2D eigenvalue weighted by atomic mass is 10.1. The molecule has 5 rings (SSSR count). The first-order chi connectivity index (χ1) is 16.6. The molecule has 0 aliphatic carbocycles. The summed E-state index contributed by atoms with van der Waals surface area (Å²) < 4.78 is 21.7. The highest BCUT2D eigenvalue weighted by atomic mass is 16.6. The number of nitrogens with one attached hydrogen (secondary N) is 1. The molecule has 1 atom stereocenters. The van der Waals surface area contributed by atoms with E-state index in [0.29, 0.717) is 53.9 Å². The van der Waals surface area contributed by atoms with Gasteiger partial charge in [-0.15, -0.1) is 0 Å². The molecule has 34 heavy (non-hydrogen) atoms. The van der Waals surface area contributed by atoms with E-state index < -0.39 is 12.2 Å². The highest BCUT2D eigenvalue weighted by molar-refractivity contribution is 5.95. The van der Waals surface area contributed by atoms with Gasteiger partial charge in [0.1, 0.15) is 19.3 Å². The molecule has 10 heteroatoms. The van der Waals surface area contributed by atoms with Gasteiger partial charge in [0.2, 0.25) is 11.8 Å². The van der Waals surface area contributed by atoms with E-state index in [9.17, 15) is 9.59 Å². The van der Waals surface area contributed by atoms with Crippen molar-refractivity contribution < 1.29 is 28.5 Å². The largest absolute Gasteiger partial charge is 0.486 e. The van der Waals surface area contributed by atoms with Gasteiger partial charge in [-0.3, -0.25) is 9.69 Å². The standard InChI is InChI=1S/C24H22N4O6/c1-31-22-13-25-18-4-2-3-15(23(18)27-22)5-8-21(29)26-12-17-14-28(24(30)34-17)16-6-7-19-20(11-16)33-10-9-32-19/h2-8,11,13,17H,9-10,12,14H2,1H3,(H,26,29). The van der Waals surface area contributed by atoms with Crippen LogP contribution in [0.15, 0.2) is 48.7 Å². The summed E-state index contributed by atoms with van der Waals surface area (Å²) in [5.41, 5.74) is 2.71. The van der Waals surface area contributed by atoms with Crippen molar-refractivity contribution in [2.24, 2.45) is 0 Å². The molecule has 174 valence electrons. The number of nitrogens with zero attached hydrogens (tertiary/aromatic N) is 3. The molecule has 3 aromatic rings. The SMILES string of the molecule is COc1cnc2cccc(C=CC(=O)NCC3CN(c4ccc5c(c4)OCCO5)C(=O)O3)c2n1. The predicted octanol–water partition coefficient (Wildman–Crippen LogP) is 2.56. The molecule has 1 N–H and O–H groups in total. The molecule has 0 bridgehead atoms. The van der Waals surface area contributed by atoms with E-state index >= 15 is 0 Å². The molecule has 0 radical (unpaired) electrons. The second kappa shape index (κ2) is 9.26. The van der Waals surface area contributed by atoms with Gasteiger partial charge in [0.25, 0.3) is 0 Å². The Morgan fingerprint density at radius 2 is 2.09 bits per heavy atom. The molecule has 2 aliphatic heterocycles. The monoisotopic (exact) mass is 462 g/mol. The zero-order valence-electron chi connectivity index (χ0n) is 18.4. The minimum Gasteiger partial charge on any atom is -0.486 e. The van der Waals surface area contributed by atoms with Gasteiger partial charge in [-0.2, -0.15) is 0 Å². The molecule has 0 saturated carbocycles. The van der Waals surface area contributed by atoms with E-state index in [1.54, 1.807) is 30.5 Å². The second-order valence-electron chi connectivity index (χ2n) is 7.65. The average molecular weight is 462 g/mol. The molecule has 2 aromatic carbocycles. The Kier molecular flexibility index (Phi) is 5.86. The summed E-state index contributed by atoms with van der Waals surface area (Å²) in [5.74, 6) is 1.31. The van der Waals surface area contributed by atoms with E-state index in [2.05, 4.69) is 15.3 Å². The van der Waals surface area contributed by atoms with Gasteiger partial charge in [0, 0.05) is 17.7 Å². The Morgan fingerprint density at radius 1 is 1.24 bits per heavy atom. The van der Waals surface area contributed by atoms with E-state index in [0.717, 1.165) is 5.56 Å². The van der Waals surface area contributed by atoms with Gasteiger partial charge in [-0.05, 0) is 24.3 Å². The van der Waals surface area contributed by atoms with Crippen LogP contribution in [0.25, 0.3) is 17.1 Å². The number of aromatic nitrogens is 2. The molecule has 1 aromatic heterocycles. The molecule has 1 saturated heterocycles. The maximum absolute atomic E-state index is 12.4. The molecular formula is C24H22N4O6. The van der Waals surface area contributed by atoms with Crippen molar-refractivity contribution in [2.45, 2.75) is 6.10 Å². The number of carbonyl (C=O) groups excluding carboxylic acids is 2. The zero-order valence-corrected chi connectivity index (χ0v) is 18.4. The lowest BCUT2D eigenvalue weighted by molar-refractivity contribution is -0.116. The van der Waals surface area contributed by atoms with Crippen LogP contribution in [0.3, 0.4) is 0 Å². The van der Waals surface area contributed by atoms with Crippen LogP contribution < -0.4 is 24.4 Å². The molecule has 10 nitrogen and oxygen atoms in total. The molecule has 1 fully saturated rings. The first kappa shape index (κ1) is 21.5. The van der Waals surface area contributed by atoms with Gasteiger partial charge in [-0.25, -0.2) is 14.8 Å². The fraction of sp³-hybridized carbons (Fsp3) is 0.250. The van der Waals surface area contributed by atoms with Crippen molar-refractivity contribution in [1.29, 1.82) is 0 Å². The molecule has 1 unspecified atom stereocenters. The van der Waals surface area contributed by atoms with Crippen molar-refractivity contribution in [1.82, 2.24) is 15.3 Å². The van der Waals surface area contributed by atoms with Crippen LogP contribution >= 0.6 is 0 Å². The van der Waals surface area contributed by atoms with Gasteiger partial charge in [-0.1, -0.05) is 12.1 Å². The first-order valence-electron chi connectivity index (χ1n) is 10.7. The number of anilines is 1. The molecule has 2 aliphatic rings. The summed E-state index contributed by atoms with van der Waals surface area (Å²) in [7, 11) is 1.52. The quantitative estimate of drug-likeness (QED) is 0.557. The van der Waals surface area contributed by atoms with Gasteiger partial charge in [0.05, 0.1) is 43.1 Å². The van der Waals surface area contributed by atoms with E-state index in [1.807, 2.05) is 18.2 Å². The maximum atomic E-state index is 12.4. The van der Waals surface area contributed by atoms with E-state index in [4.69, 9.17) is 18.9 Å². The number of carbonyl (C=O) groups is 2. The molecule has 2 amide bonds. The Balaban J connectivity index is 1.20. The van der Waals surface area contributed by atoms with Crippen molar-refractivity contribution in [2.75, 3.05) is 38.3 Å². The summed E-state index contributed by atoms with van der Waals surface area (Å²) in [6, 6.07) is 10.8. The number of cyclic esters (lactones) is 1. The normalized spacial score (nSPS) is 17.1. The number of hydrogen-bond acceptors (Lipinski definition) is 8. The second-order valence-corrected chi connectivity index (χ2v) is 7.65. The van der Waals surface area contributed by atoms with Crippen molar-refractivity contribution in [3.63, 3.8) is 0 Å². The Labute approximate surface area is 195 Å². The third kappa shape index (κ3) is 4.42. The zero-order chi connectivity index (χ0) is 23.5. The molecule has 3 heterocycles. The summed E-state index contributed by atoms with van der Waals surface area (Å²) in [6.07, 6.45) is 3.65. The number of amides is 2. The third-order valence-electron chi connectivity index (χ3n) is 5.42. The summed E-state index contributed by atoms with van der Waals surface area (Å²) in [4.78, 5) is 35.0. The van der Waals surface area contributed by atoms with Crippen LogP contribution in [0.4, 0.5) is 10.5 Å². The fourth-order valence-corrected chi connectivity index (χ4v) is 3.75. The van der Waals surface area contributed by atoms with Gasteiger partial charge < -0.3 is 24.3 Å². The fourth-order valence-electron chi connectivity index (χ4n) is 3.75. The minimum atomic E-state index is -0.481. The molecule has 0 spiro atoms. The third-order valence-corrected chi connectivity index (χ3v) is 5.42. The topological polar surface area (TPSA) is 112 Å². The number of methoxy groups -OCH3 is 1. The van der Waals surface area contributed by atoms with Gasteiger partial charge in [0.15, 0.2) is 11.5 Å². The Hall–Kier alpha value is -4.34. The van der Waals surface area contributed by atoms with Crippen molar-refractivity contribution in [3.8, 4) is 17.4 Å². The summed E-state index contributed by atoms with van der Waals surface area (Å²) in [5, 5.41) is 2.77. The number of hydrogen-bond donors (Lipinski definition) is 1. The smallest absolute Gasteiger partial charge is 0.414 e. The van der Waals surface area contributed by atoms with Crippen molar-refractivity contribution in [3.05, 3.63) is 54.2 Å². The van der Waals surface area contributed by atoms with Crippen LogP contribution in [-0.2, 0) is 9.53 Å². The number of benzene rings is 2. The lowest BCUT2D eigenvalue weighted by Gasteiger charge is -2.21. The average Bonchev–Trinajstić information content (AvgIpc) is 3.25. The number of ether oxygens (including phenoxy) is 4. The van der Waals surface area contributed by atoms with Crippen LogP contribution in [0, 0.1) is 0 Å². The maximum Gasteiger partial charge on any atom is 0.414 e. The van der Waals surface area contributed by atoms with E-state index in [-0.39, 0.29) is 12.5 Å². The highest BCUT2D eigenvalue weighted by Crippen LogP contribution is 2.35. The van der Waals surface area contributed by atoms with Crippen molar-refractivity contribution >= 4 is 34.8 Å². The number of fused-ring (bicyclic) bond motifs is 2. The molecular weight excluding hydrogens is 440 g/mol. The highest BCUT2D eigenvalue weighted by Gasteiger charge is 2.33. The number of rotatable bonds is 6. The Morgan fingerprint density at radius 3 is 2.94 bits per heavy atom.